The van der Waals surface area contributed by atoms with E-state index in [0.29, 0.717) is 24.8 Å². The van der Waals surface area contributed by atoms with Gasteiger partial charge in [0.1, 0.15) is 0 Å². The highest BCUT2D eigenvalue weighted by Crippen LogP contribution is 2.35. The Hall–Kier alpha value is -1.27. The molecule has 0 bridgehead atoms. The first-order valence-electron chi connectivity index (χ1n) is 7.00. The van der Waals surface area contributed by atoms with Crippen LogP contribution in [0.15, 0.2) is 18.2 Å². The van der Waals surface area contributed by atoms with Gasteiger partial charge in [0.05, 0.1) is 18.8 Å². The zero-order valence-electron chi connectivity index (χ0n) is 12.0. The number of ether oxygens (including phenoxy) is 1. The van der Waals surface area contributed by atoms with Crippen molar-refractivity contribution >= 4 is 5.69 Å². The Labute approximate surface area is 122 Å². The Morgan fingerprint density at radius 2 is 2.14 bits per heavy atom. The number of piperidine rings is 1. The zero-order chi connectivity index (χ0) is 15.5. The molecule has 0 spiro atoms. The van der Waals surface area contributed by atoms with Gasteiger partial charge in [0.15, 0.2) is 0 Å². The first-order chi connectivity index (χ1) is 9.95. The van der Waals surface area contributed by atoms with E-state index in [-0.39, 0.29) is 5.56 Å². The molecule has 3 nitrogen and oxygen atoms in total. The zero-order valence-corrected chi connectivity index (χ0v) is 12.0. The Morgan fingerprint density at radius 3 is 2.76 bits per heavy atom. The Bertz CT molecular complexity index is 474. The number of nitrogens with zero attached hydrogens (tertiary/aromatic N) is 1. The van der Waals surface area contributed by atoms with Crippen molar-refractivity contribution in [1.29, 1.82) is 0 Å². The maximum absolute atomic E-state index is 13.0. The van der Waals surface area contributed by atoms with Gasteiger partial charge >= 0.3 is 6.18 Å². The average molecular weight is 303 g/mol. The van der Waals surface area contributed by atoms with Gasteiger partial charge in [0, 0.05) is 25.9 Å². The third-order valence-corrected chi connectivity index (χ3v) is 3.86. The van der Waals surface area contributed by atoms with Crippen LogP contribution in [0.2, 0.25) is 0 Å². The maximum Gasteiger partial charge on any atom is 0.416 e. The van der Waals surface area contributed by atoms with Crippen LogP contribution >= 0.6 is 0 Å². The minimum Gasteiger partial charge on any atom is -0.392 e. The summed E-state index contributed by atoms with van der Waals surface area (Å²) in [5.41, 5.74) is -0.284. The molecule has 1 saturated heterocycles. The van der Waals surface area contributed by atoms with Crippen LogP contribution in [-0.2, 0) is 17.5 Å². The average Bonchev–Trinajstić information content (AvgIpc) is 2.46. The second-order valence-electron chi connectivity index (χ2n) is 5.41. The van der Waals surface area contributed by atoms with E-state index < -0.39 is 18.3 Å². The minimum absolute atomic E-state index is 0.0864. The topological polar surface area (TPSA) is 32.7 Å². The third-order valence-electron chi connectivity index (χ3n) is 3.86. The van der Waals surface area contributed by atoms with E-state index in [1.165, 1.54) is 6.07 Å². The molecule has 0 radical (unpaired) electrons. The van der Waals surface area contributed by atoms with Crippen molar-refractivity contribution in [2.75, 3.05) is 31.7 Å². The smallest absolute Gasteiger partial charge is 0.392 e. The fraction of sp³-hybridized carbons (Fsp3) is 0.600. The number of aliphatic hydroxyl groups excluding tert-OH is 1. The molecule has 1 aliphatic heterocycles. The van der Waals surface area contributed by atoms with Gasteiger partial charge in [-0.1, -0.05) is 6.07 Å². The highest BCUT2D eigenvalue weighted by molar-refractivity contribution is 5.52. The molecule has 6 heteroatoms. The fourth-order valence-electron chi connectivity index (χ4n) is 2.83. The van der Waals surface area contributed by atoms with Crippen molar-refractivity contribution in [2.24, 2.45) is 5.92 Å². The summed E-state index contributed by atoms with van der Waals surface area (Å²) in [5, 5.41) is 9.06. The Kier molecular flexibility index (Phi) is 5.11. The summed E-state index contributed by atoms with van der Waals surface area (Å²) in [5.74, 6) is 0.343. The molecule has 118 valence electrons. The van der Waals surface area contributed by atoms with Crippen LogP contribution in [0.4, 0.5) is 18.9 Å². The standard InChI is InChI=1S/C15H20F3NO2/c1-21-10-11-3-2-6-19(8-11)13-5-4-12(9-20)14(7-13)15(16,17)18/h4-5,7,11,20H,2-3,6,8-10H2,1H3. The summed E-state index contributed by atoms with van der Waals surface area (Å²) in [6.07, 6.45) is -2.47. The molecule has 2 rings (SSSR count). The Balaban J connectivity index is 2.24. The van der Waals surface area contributed by atoms with Crippen molar-refractivity contribution in [3.8, 4) is 0 Å². The van der Waals surface area contributed by atoms with Gasteiger partial charge in [-0.05, 0) is 36.5 Å². The largest absolute Gasteiger partial charge is 0.416 e. The molecule has 1 aromatic carbocycles. The van der Waals surface area contributed by atoms with E-state index >= 15 is 0 Å². The third kappa shape index (κ3) is 3.89. The van der Waals surface area contributed by atoms with E-state index in [1.54, 1.807) is 13.2 Å². The van der Waals surface area contributed by atoms with Crippen LogP contribution in [0.5, 0.6) is 0 Å². The number of aliphatic hydroxyl groups is 1. The van der Waals surface area contributed by atoms with Crippen LogP contribution in [0, 0.1) is 5.92 Å². The van der Waals surface area contributed by atoms with E-state index in [1.807, 2.05) is 4.90 Å². The molecule has 0 amide bonds. The monoisotopic (exact) mass is 303 g/mol. The van der Waals surface area contributed by atoms with Crippen LogP contribution in [0.25, 0.3) is 0 Å². The summed E-state index contributed by atoms with van der Waals surface area (Å²) in [6, 6.07) is 4.15. The van der Waals surface area contributed by atoms with Crippen molar-refractivity contribution in [2.45, 2.75) is 25.6 Å². The quantitative estimate of drug-likeness (QED) is 0.928. The van der Waals surface area contributed by atoms with Crippen molar-refractivity contribution in [3.63, 3.8) is 0 Å². The molecule has 0 aliphatic carbocycles. The summed E-state index contributed by atoms with van der Waals surface area (Å²) in [7, 11) is 1.64. The van der Waals surface area contributed by atoms with E-state index in [2.05, 4.69) is 0 Å². The van der Waals surface area contributed by atoms with Gasteiger partial charge in [0.25, 0.3) is 0 Å². The maximum atomic E-state index is 13.0. The van der Waals surface area contributed by atoms with Crippen LogP contribution < -0.4 is 4.90 Å². The molecule has 21 heavy (non-hydrogen) atoms. The number of hydrogen-bond acceptors (Lipinski definition) is 3. The second-order valence-corrected chi connectivity index (χ2v) is 5.41. The van der Waals surface area contributed by atoms with Gasteiger partial charge in [0.2, 0.25) is 0 Å². The lowest BCUT2D eigenvalue weighted by Gasteiger charge is -2.34. The number of benzene rings is 1. The summed E-state index contributed by atoms with van der Waals surface area (Å²) in [4.78, 5) is 1.96. The lowest BCUT2D eigenvalue weighted by atomic mass is 9.97. The number of alkyl halides is 3. The van der Waals surface area contributed by atoms with Crippen molar-refractivity contribution < 1.29 is 23.0 Å². The van der Waals surface area contributed by atoms with Gasteiger partial charge in [-0.15, -0.1) is 0 Å². The number of anilines is 1. The first-order valence-corrected chi connectivity index (χ1v) is 7.00. The predicted octanol–water partition coefficient (Wildman–Crippen LogP) is 3.06. The molecule has 0 aromatic heterocycles. The van der Waals surface area contributed by atoms with Crippen LogP contribution in [0.1, 0.15) is 24.0 Å². The fourth-order valence-corrected chi connectivity index (χ4v) is 2.83. The normalized spacial score (nSPS) is 19.9. The van der Waals surface area contributed by atoms with Crippen LogP contribution in [0.3, 0.4) is 0 Å². The summed E-state index contributed by atoms with van der Waals surface area (Å²) >= 11 is 0. The second kappa shape index (κ2) is 6.66. The SMILES string of the molecule is COCC1CCCN(c2ccc(CO)c(C(F)(F)F)c2)C1. The van der Waals surface area contributed by atoms with Crippen molar-refractivity contribution in [3.05, 3.63) is 29.3 Å². The molecule has 1 unspecified atom stereocenters. The molecular weight excluding hydrogens is 283 g/mol. The van der Waals surface area contributed by atoms with Crippen LogP contribution in [-0.4, -0.2) is 31.9 Å². The van der Waals surface area contributed by atoms with Gasteiger partial charge < -0.3 is 14.7 Å². The highest BCUT2D eigenvalue weighted by atomic mass is 19.4. The summed E-state index contributed by atoms with van der Waals surface area (Å²) < 4.78 is 44.2. The number of halogens is 3. The number of hydrogen-bond donors (Lipinski definition) is 1. The lowest BCUT2D eigenvalue weighted by Crippen LogP contribution is -2.37. The van der Waals surface area contributed by atoms with Crippen molar-refractivity contribution in [1.82, 2.24) is 0 Å². The molecule has 1 aliphatic rings. The Morgan fingerprint density at radius 1 is 1.38 bits per heavy atom. The van der Waals surface area contributed by atoms with Gasteiger partial charge in [-0.25, -0.2) is 0 Å². The molecule has 1 N–H and O–H groups in total. The summed E-state index contributed by atoms with van der Waals surface area (Å²) in [6.45, 7) is 1.46. The lowest BCUT2D eigenvalue weighted by molar-refractivity contribution is -0.138. The number of rotatable bonds is 4. The highest BCUT2D eigenvalue weighted by Gasteiger charge is 2.34. The van der Waals surface area contributed by atoms with E-state index in [9.17, 15) is 13.2 Å². The molecule has 1 aromatic rings. The first kappa shape index (κ1) is 16.1. The molecule has 1 fully saturated rings. The van der Waals surface area contributed by atoms with Gasteiger partial charge in [-0.2, -0.15) is 13.2 Å². The van der Waals surface area contributed by atoms with Gasteiger partial charge in [-0.3, -0.25) is 0 Å². The molecular formula is C15H20F3NO2. The number of methoxy groups -OCH3 is 1. The molecule has 0 saturated carbocycles. The predicted molar refractivity (Wildman–Crippen MR) is 74.2 cm³/mol. The van der Waals surface area contributed by atoms with E-state index in [0.717, 1.165) is 25.5 Å². The molecule has 1 heterocycles. The van der Waals surface area contributed by atoms with E-state index in [4.69, 9.17) is 9.84 Å². The minimum atomic E-state index is -4.45. The molecule has 1 atom stereocenters.